The number of hydrogen-bond acceptors (Lipinski definition) is 4. The molecule has 0 radical (unpaired) electrons. The third-order valence-electron chi connectivity index (χ3n) is 2.41. The van der Waals surface area contributed by atoms with Crippen LogP contribution < -0.4 is 10.1 Å². The molecule has 1 N–H and O–H groups in total. The molecule has 4 nitrogen and oxygen atoms in total. The summed E-state index contributed by atoms with van der Waals surface area (Å²) in [6.07, 6.45) is -2.42. The van der Waals surface area contributed by atoms with E-state index in [9.17, 15) is 18.0 Å². The van der Waals surface area contributed by atoms with E-state index in [1.54, 1.807) is 18.4 Å². The average molecular weight is 328 g/mol. The Morgan fingerprint density at radius 3 is 2.73 bits per heavy atom. The zero-order valence-electron chi connectivity index (χ0n) is 11.3. The standard InChI is InChI=1S/C14H11F3N2O2S/c1-9-8-22-13(18-9)19-12(20)7-6-10-4-2-3-5-11(10)21-14(15,16)17/h2-8H,1H3,(H,18,19,20). The molecule has 0 saturated heterocycles. The third kappa shape index (κ3) is 4.88. The lowest BCUT2D eigenvalue weighted by atomic mass is 10.2. The zero-order valence-corrected chi connectivity index (χ0v) is 12.2. The predicted molar refractivity (Wildman–Crippen MR) is 77.6 cm³/mol. The Balaban J connectivity index is 2.08. The van der Waals surface area contributed by atoms with Crippen molar-refractivity contribution in [2.45, 2.75) is 13.3 Å². The number of amides is 1. The van der Waals surface area contributed by atoms with Crippen LogP contribution in [0.5, 0.6) is 5.75 Å². The minimum Gasteiger partial charge on any atom is -0.405 e. The van der Waals surface area contributed by atoms with Crippen molar-refractivity contribution in [1.29, 1.82) is 0 Å². The van der Waals surface area contributed by atoms with Crippen molar-refractivity contribution in [1.82, 2.24) is 4.98 Å². The van der Waals surface area contributed by atoms with Gasteiger partial charge >= 0.3 is 6.36 Å². The van der Waals surface area contributed by atoms with Crippen LogP contribution in [0.4, 0.5) is 18.3 Å². The van der Waals surface area contributed by atoms with Gasteiger partial charge in [0, 0.05) is 17.0 Å². The van der Waals surface area contributed by atoms with Crippen molar-refractivity contribution in [3.8, 4) is 5.75 Å². The molecule has 0 bridgehead atoms. The molecule has 116 valence electrons. The second kappa shape index (κ2) is 6.61. The lowest BCUT2D eigenvalue weighted by Gasteiger charge is -2.10. The van der Waals surface area contributed by atoms with E-state index in [0.717, 1.165) is 11.8 Å². The van der Waals surface area contributed by atoms with Crippen LogP contribution in [0.3, 0.4) is 0 Å². The highest BCUT2D eigenvalue weighted by Gasteiger charge is 2.31. The molecular weight excluding hydrogens is 317 g/mol. The lowest BCUT2D eigenvalue weighted by molar-refractivity contribution is -0.274. The third-order valence-corrected chi connectivity index (χ3v) is 3.28. The maximum Gasteiger partial charge on any atom is 0.573 e. The molecule has 1 aromatic heterocycles. The van der Waals surface area contributed by atoms with Crippen LogP contribution >= 0.6 is 11.3 Å². The summed E-state index contributed by atoms with van der Waals surface area (Å²) in [7, 11) is 0. The van der Waals surface area contributed by atoms with Gasteiger partial charge in [-0.1, -0.05) is 18.2 Å². The summed E-state index contributed by atoms with van der Waals surface area (Å²) in [6, 6.07) is 5.55. The highest BCUT2D eigenvalue weighted by atomic mass is 32.1. The number of aryl methyl sites for hydroxylation is 1. The molecule has 0 saturated carbocycles. The van der Waals surface area contributed by atoms with Crippen LogP contribution in [0.25, 0.3) is 6.08 Å². The van der Waals surface area contributed by atoms with Crippen molar-refractivity contribution >= 4 is 28.5 Å². The van der Waals surface area contributed by atoms with Gasteiger partial charge in [-0.2, -0.15) is 0 Å². The fourth-order valence-corrected chi connectivity index (χ4v) is 2.25. The van der Waals surface area contributed by atoms with E-state index in [1.165, 1.54) is 35.6 Å². The number of rotatable bonds is 4. The number of hydrogen-bond donors (Lipinski definition) is 1. The number of para-hydroxylation sites is 1. The molecule has 0 fully saturated rings. The normalized spacial score (nSPS) is 11.6. The quantitative estimate of drug-likeness (QED) is 0.863. The largest absolute Gasteiger partial charge is 0.573 e. The Labute approximate surface area is 128 Å². The number of anilines is 1. The van der Waals surface area contributed by atoms with Gasteiger partial charge in [0.2, 0.25) is 5.91 Å². The summed E-state index contributed by atoms with van der Waals surface area (Å²) in [4.78, 5) is 15.7. The number of ether oxygens (including phenoxy) is 1. The van der Waals surface area contributed by atoms with Crippen LogP contribution in [0.2, 0.25) is 0 Å². The number of halogens is 3. The van der Waals surface area contributed by atoms with Gasteiger partial charge in [-0.05, 0) is 19.1 Å². The first-order chi connectivity index (χ1) is 10.3. The predicted octanol–water partition coefficient (Wildman–Crippen LogP) is 4.00. The molecule has 1 aromatic carbocycles. The van der Waals surface area contributed by atoms with Gasteiger partial charge in [0.05, 0.1) is 5.69 Å². The van der Waals surface area contributed by atoms with Gasteiger partial charge < -0.3 is 4.74 Å². The SMILES string of the molecule is Cc1csc(NC(=O)C=Cc2ccccc2OC(F)(F)F)n1. The van der Waals surface area contributed by atoms with Crippen LogP contribution in [0.15, 0.2) is 35.7 Å². The van der Waals surface area contributed by atoms with E-state index in [0.29, 0.717) is 5.13 Å². The number of benzene rings is 1. The second-order valence-electron chi connectivity index (χ2n) is 4.20. The minimum absolute atomic E-state index is 0.144. The lowest BCUT2D eigenvalue weighted by Crippen LogP contribution is -2.17. The van der Waals surface area contributed by atoms with Crippen molar-refractivity contribution in [3.05, 3.63) is 47.0 Å². The molecule has 0 spiro atoms. The van der Waals surface area contributed by atoms with E-state index in [2.05, 4.69) is 15.0 Å². The number of aromatic nitrogens is 1. The molecule has 0 aliphatic heterocycles. The van der Waals surface area contributed by atoms with Gasteiger partial charge in [0.25, 0.3) is 0 Å². The van der Waals surface area contributed by atoms with Crippen LogP contribution in [-0.2, 0) is 4.79 Å². The fraction of sp³-hybridized carbons (Fsp3) is 0.143. The maximum absolute atomic E-state index is 12.3. The number of carbonyl (C=O) groups is 1. The summed E-state index contributed by atoms with van der Waals surface area (Å²) in [6.45, 7) is 1.78. The molecule has 0 aliphatic carbocycles. The Morgan fingerprint density at radius 2 is 2.09 bits per heavy atom. The number of thiazole rings is 1. The van der Waals surface area contributed by atoms with Crippen LogP contribution in [-0.4, -0.2) is 17.3 Å². The molecule has 0 atom stereocenters. The Kier molecular flexibility index (Phi) is 4.81. The van der Waals surface area contributed by atoms with E-state index in [-0.39, 0.29) is 11.3 Å². The molecule has 8 heteroatoms. The van der Waals surface area contributed by atoms with Gasteiger partial charge in [0.15, 0.2) is 5.13 Å². The number of carbonyl (C=O) groups excluding carboxylic acids is 1. The summed E-state index contributed by atoms with van der Waals surface area (Å²) < 4.78 is 40.7. The maximum atomic E-state index is 12.3. The second-order valence-corrected chi connectivity index (χ2v) is 5.06. The Hall–Kier alpha value is -2.35. The Morgan fingerprint density at radius 1 is 1.36 bits per heavy atom. The van der Waals surface area contributed by atoms with Crippen LogP contribution in [0.1, 0.15) is 11.3 Å². The first-order valence-corrected chi connectivity index (χ1v) is 6.97. The van der Waals surface area contributed by atoms with E-state index < -0.39 is 12.3 Å². The van der Waals surface area contributed by atoms with Gasteiger partial charge in [-0.3, -0.25) is 10.1 Å². The van der Waals surface area contributed by atoms with E-state index in [1.807, 2.05) is 0 Å². The minimum atomic E-state index is -4.79. The monoisotopic (exact) mass is 328 g/mol. The van der Waals surface area contributed by atoms with Gasteiger partial charge in [-0.15, -0.1) is 24.5 Å². The number of nitrogens with zero attached hydrogens (tertiary/aromatic N) is 1. The fourth-order valence-electron chi connectivity index (χ4n) is 1.56. The van der Waals surface area contributed by atoms with Crippen molar-refractivity contribution in [2.75, 3.05) is 5.32 Å². The average Bonchev–Trinajstić information content (AvgIpc) is 2.81. The molecule has 0 unspecified atom stereocenters. The number of alkyl halides is 3. The van der Waals surface area contributed by atoms with Crippen molar-refractivity contribution in [3.63, 3.8) is 0 Å². The number of nitrogens with one attached hydrogen (secondary N) is 1. The smallest absolute Gasteiger partial charge is 0.405 e. The topological polar surface area (TPSA) is 51.2 Å². The van der Waals surface area contributed by atoms with E-state index >= 15 is 0 Å². The Bertz CT molecular complexity index is 695. The summed E-state index contributed by atoms with van der Waals surface area (Å²) in [5, 5.41) is 4.71. The molecule has 2 aromatic rings. The summed E-state index contributed by atoms with van der Waals surface area (Å²) in [5.74, 6) is -0.861. The molecular formula is C14H11F3N2O2S. The van der Waals surface area contributed by atoms with Crippen LogP contribution in [0, 0.1) is 6.92 Å². The first kappa shape index (κ1) is 16.0. The molecule has 22 heavy (non-hydrogen) atoms. The molecule has 1 heterocycles. The van der Waals surface area contributed by atoms with Gasteiger partial charge in [0.1, 0.15) is 5.75 Å². The van der Waals surface area contributed by atoms with E-state index in [4.69, 9.17) is 0 Å². The van der Waals surface area contributed by atoms with Crippen molar-refractivity contribution in [2.24, 2.45) is 0 Å². The highest BCUT2D eigenvalue weighted by molar-refractivity contribution is 7.13. The molecule has 2 rings (SSSR count). The highest BCUT2D eigenvalue weighted by Crippen LogP contribution is 2.27. The molecule has 1 amide bonds. The summed E-state index contributed by atoms with van der Waals surface area (Å²) in [5.41, 5.74) is 0.915. The summed E-state index contributed by atoms with van der Waals surface area (Å²) >= 11 is 1.26. The molecule has 0 aliphatic rings. The first-order valence-electron chi connectivity index (χ1n) is 6.09. The zero-order chi connectivity index (χ0) is 16.2. The van der Waals surface area contributed by atoms with Crippen molar-refractivity contribution < 1.29 is 22.7 Å². The van der Waals surface area contributed by atoms with Gasteiger partial charge in [-0.25, -0.2) is 4.98 Å².